The zero-order chi connectivity index (χ0) is 21.2. The molecule has 6 nitrogen and oxygen atoms in total. The normalized spacial score (nSPS) is 16.4. The predicted molar refractivity (Wildman–Crippen MR) is 120 cm³/mol. The molecular weight excluding hydrogens is 378 g/mol. The largest absolute Gasteiger partial charge is 0.497 e. The fraction of sp³-hybridized carbons (Fsp3) is 0.500. The first-order valence-corrected chi connectivity index (χ1v) is 10.8. The molecule has 30 heavy (non-hydrogen) atoms. The van der Waals surface area contributed by atoms with Crippen LogP contribution in [0.4, 0.5) is 0 Å². The highest BCUT2D eigenvalue weighted by Gasteiger charge is 2.18. The molecule has 0 amide bonds. The highest BCUT2D eigenvalue weighted by molar-refractivity contribution is 5.40. The molecular formula is C24H35N3O3. The standard InChI is InChI=1S/C24H35N3O3/c1-26-12-14-27(15-13-26)18-22(28)19-30-24-16-23(29-2)9-8-21(24)17-25-11-10-20-6-4-3-5-7-20/h3-9,16,22,25,28H,10-15,17-19H2,1-2H3. The molecule has 1 fully saturated rings. The Morgan fingerprint density at radius 2 is 1.83 bits per heavy atom. The molecule has 1 heterocycles. The topological polar surface area (TPSA) is 57.2 Å². The third-order valence-electron chi connectivity index (χ3n) is 5.52. The molecule has 3 rings (SSSR count). The second kappa shape index (κ2) is 11.9. The van der Waals surface area contributed by atoms with Gasteiger partial charge in [0.25, 0.3) is 0 Å². The van der Waals surface area contributed by atoms with Crippen LogP contribution in [0, 0.1) is 0 Å². The van der Waals surface area contributed by atoms with Gasteiger partial charge in [-0.15, -0.1) is 0 Å². The van der Waals surface area contributed by atoms with E-state index in [0.29, 0.717) is 13.1 Å². The van der Waals surface area contributed by atoms with E-state index in [1.165, 1.54) is 5.56 Å². The minimum Gasteiger partial charge on any atom is -0.497 e. The van der Waals surface area contributed by atoms with Crippen molar-refractivity contribution in [1.82, 2.24) is 15.1 Å². The summed E-state index contributed by atoms with van der Waals surface area (Å²) in [5.41, 5.74) is 2.39. The molecule has 0 bridgehead atoms. The number of ether oxygens (including phenoxy) is 2. The van der Waals surface area contributed by atoms with Gasteiger partial charge in [0.1, 0.15) is 24.2 Å². The highest BCUT2D eigenvalue weighted by atomic mass is 16.5. The van der Waals surface area contributed by atoms with E-state index in [0.717, 1.165) is 56.2 Å². The Labute approximate surface area is 180 Å². The molecule has 6 heteroatoms. The molecule has 2 aromatic rings. The summed E-state index contributed by atoms with van der Waals surface area (Å²) in [5, 5.41) is 13.9. The Hall–Kier alpha value is -2.12. The second-order valence-electron chi connectivity index (χ2n) is 7.95. The summed E-state index contributed by atoms with van der Waals surface area (Å²) >= 11 is 0. The van der Waals surface area contributed by atoms with Gasteiger partial charge in [0, 0.05) is 50.9 Å². The van der Waals surface area contributed by atoms with Gasteiger partial charge in [-0.05, 0) is 31.6 Å². The maximum absolute atomic E-state index is 10.5. The van der Waals surface area contributed by atoms with Crippen molar-refractivity contribution in [3.05, 3.63) is 59.7 Å². The van der Waals surface area contributed by atoms with Gasteiger partial charge in [-0.1, -0.05) is 36.4 Å². The molecule has 1 unspecified atom stereocenters. The molecule has 1 aliphatic heterocycles. The predicted octanol–water partition coefficient (Wildman–Crippen LogP) is 2.01. The Morgan fingerprint density at radius 1 is 1.07 bits per heavy atom. The summed E-state index contributed by atoms with van der Waals surface area (Å²) in [6, 6.07) is 16.3. The number of benzene rings is 2. The summed E-state index contributed by atoms with van der Waals surface area (Å²) in [6.45, 7) is 6.58. The van der Waals surface area contributed by atoms with Crippen molar-refractivity contribution in [2.24, 2.45) is 0 Å². The number of likely N-dealkylation sites (N-methyl/N-ethyl adjacent to an activating group) is 1. The van der Waals surface area contributed by atoms with Gasteiger partial charge in [0.05, 0.1) is 7.11 Å². The quantitative estimate of drug-likeness (QED) is 0.550. The molecule has 0 radical (unpaired) electrons. The van der Waals surface area contributed by atoms with E-state index in [-0.39, 0.29) is 6.61 Å². The monoisotopic (exact) mass is 413 g/mol. The fourth-order valence-electron chi connectivity index (χ4n) is 3.61. The molecule has 2 N–H and O–H groups in total. The molecule has 0 spiro atoms. The first-order valence-electron chi connectivity index (χ1n) is 10.8. The van der Waals surface area contributed by atoms with Gasteiger partial charge in [0.15, 0.2) is 0 Å². The first-order chi connectivity index (χ1) is 14.6. The lowest BCUT2D eigenvalue weighted by molar-refractivity contribution is 0.0501. The number of hydrogen-bond donors (Lipinski definition) is 2. The Kier molecular flexibility index (Phi) is 8.96. The Balaban J connectivity index is 1.48. The molecule has 1 aliphatic rings. The summed E-state index contributed by atoms with van der Waals surface area (Å²) in [6.07, 6.45) is 0.468. The molecule has 1 saturated heterocycles. The van der Waals surface area contributed by atoms with Crippen LogP contribution in [0.2, 0.25) is 0 Å². The number of nitrogens with one attached hydrogen (secondary N) is 1. The average molecular weight is 414 g/mol. The van der Waals surface area contributed by atoms with Crippen LogP contribution >= 0.6 is 0 Å². The van der Waals surface area contributed by atoms with E-state index in [2.05, 4.69) is 46.4 Å². The van der Waals surface area contributed by atoms with E-state index in [4.69, 9.17) is 9.47 Å². The SMILES string of the molecule is COc1ccc(CNCCc2ccccc2)c(OCC(O)CN2CCN(C)CC2)c1. The fourth-order valence-corrected chi connectivity index (χ4v) is 3.61. The van der Waals surface area contributed by atoms with Gasteiger partial charge >= 0.3 is 0 Å². The average Bonchev–Trinajstić information content (AvgIpc) is 2.78. The lowest BCUT2D eigenvalue weighted by Crippen LogP contribution is -2.47. The Bertz CT molecular complexity index is 749. The zero-order valence-corrected chi connectivity index (χ0v) is 18.2. The Morgan fingerprint density at radius 3 is 2.57 bits per heavy atom. The maximum Gasteiger partial charge on any atom is 0.127 e. The summed E-state index contributed by atoms with van der Waals surface area (Å²) in [7, 11) is 3.79. The van der Waals surface area contributed by atoms with Crippen molar-refractivity contribution < 1.29 is 14.6 Å². The van der Waals surface area contributed by atoms with Crippen molar-refractivity contribution >= 4 is 0 Å². The number of aliphatic hydroxyl groups excluding tert-OH is 1. The minimum atomic E-state index is -0.515. The number of aliphatic hydroxyl groups is 1. The van der Waals surface area contributed by atoms with Crippen LogP contribution < -0.4 is 14.8 Å². The van der Waals surface area contributed by atoms with Crippen LogP contribution in [0.3, 0.4) is 0 Å². The summed E-state index contributed by atoms with van der Waals surface area (Å²) < 4.78 is 11.4. The molecule has 0 saturated carbocycles. The van der Waals surface area contributed by atoms with E-state index >= 15 is 0 Å². The van der Waals surface area contributed by atoms with Crippen LogP contribution in [0.1, 0.15) is 11.1 Å². The molecule has 1 atom stereocenters. The van der Waals surface area contributed by atoms with E-state index in [9.17, 15) is 5.11 Å². The van der Waals surface area contributed by atoms with Gasteiger partial charge in [-0.3, -0.25) is 4.90 Å². The van der Waals surface area contributed by atoms with Crippen LogP contribution in [-0.2, 0) is 13.0 Å². The maximum atomic E-state index is 10.5. The summed E-state index contributed by atoms with van der Waals surface area (Å²) in [4.78, 5) is 4.61. The second-order valence-corrected chi connectivity index (χ2v) is 7.95. The lowest BCUT2D eigenvalue weighted by atomic mass is 10.1. The molecule has 0 aromatic heterocycles. The number of nitrogens with zero attached hydrogens (tertiary/aromatic N) is 2. The zero-order valence-electron chi connectivity index (χ0n) is 18.2. The smallest absolute Gasteiger partial charge is 0.127 e. The van der Waals surface area contributed by atoms with Crippen molar-refractivity contribution in [2.75, 3.05) is 60.0 Å². The van der Waals surface area contributed by atoms with Crippen molar-refractivity contribution in [1.29, 1.82) is 0 Å². The van der Waals surface area contributed by atoms with Crippen molar-refractivity contribution in [3.8, 4) is 11.5 Å². The van der Waals surface area contributed by atoms with Crippen molar-refractivity contribution in [2.45, 2.75) is 19.1 Å². The highest BCUT2D eigenvalue weighted by Crippen LogP contribution is 2.25. The summed E-state index contributed by atoms with van der Waals surface area (Å²) in [5.74, 6) is 1.52. The van der Waals surface area contributed by atoms with Gasteiger partial charge in [0.2, 0.25) is 0 Å². The van der Waals surface area contributed by atoms with Gasteiger partial charge < -0.3 is 24.8 Å². The number of piperazine rings is 1. The molecule has 0 aliphatic carbocycles. The van der Waals surface area contributed by atoms with E-state index in [1.807, 2.05) is 24.3 Å². The molecule has 164 valence electrons. The first kappa shape index (κ1) is 22.6. The number of hydrogen-bond acceptors (Lipinski definition) is 6. The number of β-amino-alcohol motifs (C(OH)–C–C–N with tert-alkyl or cyclic N) is 1. The van der Waals surface area contributed by atoms with E-state index < -0.39 is 6.10 Å². The third-order valence-corrected chi connectivity index (χ3v) is 5.52. The van der Waals surface area contributed by atoms with Crippen LogP contribution in [0.5, 0.6) is 11.5 Å². The number of rotatable bonds is 11. The molecule has 2 aromatic carbocycles. The van der Waals surface area contributed by atoms with Crippen LogP contribution in [0.15, 0.2) is 48.5 Å². The number of methoxy groups -OCH3 is 1. The van der Waals surface area contributed by atoms with Gasteiger partial charge in [-0.2, -0.15) is 0 Å². The minimum absolute atomic E-state index is 0.274. The van der Waals surface area contributed by atoms with E-state index in [1.54, 1.807) is 7.11 Å². The van der Waals surface area contributed by atoms with Gasteiger partial charge in [-0.25, -0.2) is 0 Å². The van der Waals surface area contributed by atoms with Crippen LogP contribution in [-0.4, -0.2) is 81.0 Å². The van der Waals surface area contributed by atoms with Crippen molar-refractivity contribution in [3.63, 3.8) is 0 Å². The lowest BCUT2D eigenvalue weighted by Gasteiger charge is -2.33. The van der Waals surface area contributed by atoms with Crippen LogP contribution in [0.25, 0.3) is 0 Å². The third kappa shape index (κ3) is 7.29.